The van der Waals surface area contributed by atoms with Gasteiger partial charge in [0, 0.05) is 17.6 Å². The van der Waals surface area contributed by atoms with Crippen LogP contribution in [0.3, 0.4) is 0 Å². The quantitative estimate of drug-likeness (QED) is 0.818. The molecule has 0 radical (unpaired) electrons. The van der Waals surface area contributed by atoms with Crippen LogP contribution < -0.4 is 9.47 Å². The molecule has 1 heterocycles. The Bertz CT molecular complexity index is 589. The summed E-state index contributed by atoms with van der Waals surface area (Å²) >= 11 is 15.7. The van der Waals surface area contributed by atoms with Gasteiger partial charge in [-0.25, -0.2) is 0 Å². The standard InChI is InChI=1S/C11H8BrCl2NO2/c1-16-6-3-7(17-2)11-8(10(6)14)9(13)5(12)4-15-11/h3-4H,1-2H3. The third-order valence-electron chi connectivity index (χ3n) is 2.34. The number of ether oxygens (including phenoxy) is 2. The van der Waals surface area contributed by atoms with Gasteiger partial charge in [0.2, 0.25) is 0 Å². The monoisotopic (exact) mass is 335 g/mol. The van der Waals surface area contributed by atoms with Crippen molar-refractivity contribution >= 4 is 50.0 Å². The number of hydrogen-bond donors (Lipinski definition) is 0. The molecule has 2 rings (SSSR count). The summed E-state index contributed by atoms with van der Waals surface area (Å²) < 4.78 is 11.1. The SMILES string of the molecule is COc1cc(OC)c2ncc(Br)c(Cl)c2c1Cl. The molecule has 17 heavy (non-hydrogen) atoms. The first-order valence-electron chi connectivity index (χ1n) is 4.64. The summed E-state index contributed by atoms with van der Waals surface area (Å²) in [6.07, 6.45) is 1.61. The molecule has 90 valence electrons. The third kappa shape index (κ3) is 2.05. The van der Waals surface area contributed by atoms with Gasteiger partial charge < -0.3 is 9.47 Å². The number of hydrogen-bond acceptors (Lipinski definition) is 3. The van der Waals surface area contributed by atoms with Crippen LogP contribution in [0, 0.1) is 0 Å². The van der Waals surface area contributed by atoms with Crippen LogP contribution in [-0.4, -0.2) is 19.2 Å². The van der Waals surface area contributed by atoms with E-state index in [0.29, 0.717) is 36.9 Å². The first-order valence-corrected chi connectivity index (χ1v) is 6.19. The van der Waals surface area contributed by atoms with Gasteiger partial charge in [-0.2, -0.15) is 0 Å². The van der Waals surface area contributed by atoms with Gasteiger partial charge in [0.1, 0.15) is 17.0 Å². The highest BCUT2D eigenvalue weighted by Gasteiger charge is 2.17. The van der Waals surface area contributed by atoms with Crippen molar-refractivity contribution in [2.45, 2.75) is 0 Å². The summed E-state index contributed by atoms with van der Waals surface area (Å²) in [5.74, 6) is 1.06. The third-order valence-corrected chi connectivity index (χ3v) is 3.94. The molecule has 0 amide bonds. The van der Waals surface area contributed by atoms with E-state index in [9.17, 15) is 0 Å². The fraction of sp³-hybridized carbons (Fsp3) is 0.182. The van der Waals surface area contributed by atoms with Gasteiger partial charge in [-0.15, -0.1) is 0 Å². The van der Waals surface area contributed by atoms with Crippen LogP contribution >= 0.6 is 39.1 Å². The minimum absolute atomic E-state index is 0.419. The highest BCUT2D eigenvalue weighted by Crippen LogP contribution is 2.43. The van der Waals surface area contributed by atoms with Crippen LogP contribution in [0.15, 0.2) is 16.7 Å². The summed E-state index contributed by atoms with van der Waals surface area (Å²) in [6.45, 7) is 0. The molecule has 6 heteroatoms. The predicted octanol–water partition coefficient (Wildman–Crippen LogP) is 4.32. The van der Waals surface area contributed by atoms with E-state index in [4.69, 9.17) is 32.7 Å². The maximum absolute atomic E-state index is 6.22. The Hall–Kier alpha value is -0.710. The highest BCUT2D eigenvalue weighted by molar-refractivity contribution is 9.10. The second-order valence-electron chi connectivity index (χ2n) is 3.24. The summed E-state index contributed by atoms with van der Waals surface area (Å²) in [5.41, 5.74) is 0.603. The largest absolute Gasteiger partial charge is 0.495 e. The smallest absolute Gasteiger partial charge is 0.148 e. The average molecular weight is 337 g/mol. The number of benzene rings is 1. The molecular weight excluding hydrogens is 329 g/mol. The molecule has 0 saturated heterocycles. The number of methoxy groups -OCH3 is 2. The van der Waals surface area contributed by atoms with E-state index in [0.717, 1.165) is 0 Å². The minimum Gasteiger partial charge on any atom is -0.495 e. The summed E-state index contributed by atoms with van der Waals surface area (Å²) in [4.78, 5) is 4.25. The van der Waals surface area contributed by atoms with Crippen LogP contribution in [0.4, 0.5) is 0 Å². The summed E-state index contributed by atoms with van der Waals surface area (Å²) in [5, 5.41) is 1.51. The molecule has 1 aromatic heterocycles. The van der Waals surface area contributed by atoms with E-state index in [1.807, 2.05) is 0 Å². The molecule has 0 aliphatic rings. The Morgan fingerprint density at radius 1 is 1.12 bits per heavy atom. The second-order valence-corrected chi connectivity index (χ2v) is 4.85. The van der Waals surface area contributed by atoms with Gasteiger partial charge in [0.05, 0.1) is 28.7 Å². The van der Waals surface area contributed by atoms with Crippen molar-refractivity contribution in [3.05, 3.63) is 26.8 Å². The van der Waals surface area contributed by atoms with Gasteiger partial charge in [-0.3, -0.25) is 4.98 Å². The van der Waals surface area contributed by atoms with Crippen molar-refractivity contribution in [3.63, 3.8) is 0 Å². The fourth-order valence-electron chi connectivity index (χ4n) is 1.53. The first kappa shape index (κ1) is 12.7. The summed E-state index contributed by atoms with van der Waals surface area (Å²) in [6, 6.07) is 1.68. The zero-order valence-corrected chi connectivity index (χ0v) is 12.2. The van der Waals surface area contributed by atoms with Crippen LogP contribution in [0.1, 0.15) is 0 Å². The summed E-state index contributed by atoms with van der Waals surface area (Å²) in [7, 11) is 3.09. The van der Waals surface area contributed by atoms with Crippen molar-refractivity contribution in [2.75, 3.05) is 14.2 Å². The lowest BCUT2D eigenvalue weighted by Gasteiger charge is -2.12. The second kappa shape index (κ2) is 4.88. The lowest BCUT2D eigenvalue weighted by atomic mass is 10.2. The van der Waals surface area contributed by atoms with Crippen molar-refractivity contribution < 1.29 is 9.47 Å². The Labute approximate surface area is 117 Å². The van der Waals surface area contributed by atoms with E-state index < -0.39 is 0 Å². The maximum atomic E-state index is 6.22. The highest BCUT2D eigenvalue weighted by atomic mass is 79.9. The number of halogens is 3. The molecule has 0 spiro atoms. The lowest BCUT2D eigenvalue weighted by molar-refractivity contribution is 0.397. The Morgan fingerprint density at radius 3 is 2.35 bits per heavy atom. The van der Waals surface area contributed by atoms with Crippen LogP contribution in [0.5, 0.6) is 11.5 Å². The fourth-order valence-corrected chi connectivity index (χ4v) is 2.43. The Balaban J connectivity index is 2.95. The van der Waals surface area contributed by atoms with Gasteiger partial charge in [0.15, 0.2) is 0 Å². The van der Waals surface area contributed by atoms with Crippen LogP contribution in [0.25, 0.3) is 10.9 Å². The minimum atomic E-state index is 0.419. The molecule has 0 fully saturated rings. The van der Waals surface area contributed by atoms with E-state index in [1.165, 1.54) is 7.11 Å². The molecule has 1 aromatic carbocycles. The van der Waals surface area contributed by atoms with Gasteiger partial charge in [-0.05, 0) is 15.9 Å². The van der Waals surface area contributed by atoms with Gasteiger partial charge in [-0.1, -0.05) is 23.2 Å². The number of nitrogens with zero attached hydrogens (tertiary/aromatic N) is 1. The molecule has 0 N–H and O–H groups in total. The number of fused-ring (bicyclic) bond motifs is 1. The molecule has 0 atom stereocenters. The normalized spacial score (nSPS) is 10.6. The number of rotatable bonds is 2. The number of pyridine rings is 1. The zero-order valence-electron chi connectivity index (χ0n) is 9.05. The van der Waals surface area contributed by atoms with E-state index in [1.54, 1.807) is 19.4 Å². The number of aromatic nitrogens is 1. The first-order chi connectivity index (χ1) is 8.10. The zero-order chi connectivity index (χ0) is 12.6. The molecular formula is C11H8BrCl2NO2. The van der Waals surface area contributed by atoms with Crippen molar-refractivity contribution in [1.82, 2.24) is 4.98 Å². The molecule has 3 nitrogen and oxygen atoms in total. The molecule has 0 saturated carbocycles. The van der Waals surface area contributed by atoms with Crippen LogP contribution in [0.2, 0.25) is 10.0 Å². The van der Waals surface area contributed by atoms with E-state index in [2.05, 4.69) is 20.9 Å². The molecule has 0 bridgehead atoms. The predicted molar refractivity (Wildman–Crippen MR) is 72.6 cm³/mol. The molecule has 0 aliphatic carbocycles. The molecule has 0 unspecified atom stereocenters. The average Bonchev–Trinajstić information content (AvgIpc) is 2.34. The topological polar surface area (TPSA) is 31.4 Å². The Morgan fingerprint density at radius 2 is 1.76 bits per heavy atom. The molecule has 2 aromatic rings. The van der Waals surface area contributed by atoms with Crippen molar-refractivity contribution in [1.29, 1.82) is 0 Å². The van der Waals surface area contributed by atoms with Crippen molar-refractivity contribution in [3.8, 4) is 11.5 Å². The van der Waals surface area contributed by atoms with Crippen LogP contribution in [-0.2, 0) is 0 Å². The lowest BCUT2D eigenvalue weighted by Crippen LogP contribution is -1.93. The van der Waals surface area contributed by atoms with Gasteiger partial charge >= 0.3 is 0 Å². The molecule has 0 aliphatic heterocycles. The maximum Gasteiger partial charge on any atom is 0.148 e. The van der Waals surface area contributed by atoms with Gasteiger partial charge in [0.25, 0.3) is 0 Å². The van der Waals surface area contributed by atoms with E-state index >= 15 is 0 Å². The Kier molecular flexibility index (Phi) is 3.66. The van der Waals surface area contributed by atoms with Crippen molar-refractivity contribution in [2.24, 2.45) is 0 Å². The van der Waals surface area contributed by atoms with E-state index in [-0.39, 0.29) is 0 Å².